The molecule has 2 aromatic heterocycles. The number of nitrogens with one attached hydrogen (secondary N) is 1. The average molecular weight is 290 g/mol. The van der Waals surface area contributed by atoms with E-state index in [9.17, 15) is 0 Å². The molecule has 1 saturated heterocycles. The molecule has 0 radical (unpaired) electrons. The Morgan fingerprint density at radius 2 is 2.40 bits per heavy atom. The quantitative estimate of drug-likeness (QED) is 0.900. The van der Waals surface area contributed by atoms with Crippen molar-refractivity contribution in [3.8, 4) is 6.07 Å². The third kappa shape index (κ3) is 2.42. The van der Waals surface area contributed by atoms with E-state index >= 15 is 0 Å². The summed E-state index contributed by atoms with van der Waals surface area (Å²) in [5.74, 6) is 1.65. The summed E-state index contributed by atoms with van der Waals surface area (Å²) in [5, 5.41) is 23.5. The van der Waals surface area contributed by atoms with Crippen LogP contribution >= 0.6 is 11.6 Å². The first kappa shape index (κ1) is 12.8. The molecule has 0 unspecified atom stereocenters. The topological polar surface area (TPSA) is 94.4 Å². The minimum Gasteiger partial charge on any atom is -0.355 e. The first-order chi connectivity index (χ1) is 9.78. The lowest BCUT2D eigenvalue weighted by Gasteiger charge is -2.32. The Balaban J connectivity index is 1.82. The SMILES string of the molecule is N#Cc1cnc(N2CCC[C@H](c3nn[nH]n3)C2)c(Cl)c1. The largest absolute Gasteiger partial charge is 0.355 e. The highest BCUT2D eigenvalue weighted by Gasteiger charge is 2.26. The average Bonchev–Trinajstić information content (AvgIpc) is 3.01. The Bertz CT molecular complexity index is 634. The van der Waals surface area contributed by atoms with Crippen LogP contribution in [-0.4, -0.2) is 38.7 Å². The number of pyridine rings is 1. The van der Waals surface area contributed by atoms with Gasteiger partial charge in [0.25, 0.3) is 0 Å². The summed E-state index contributed by atoms with van der Waals surface area (Å²) >= 11 is 6.21. The van der Waals surface area contributed by atoms with E-state index in [1.807, 2.05) is 6.07 Å². The zero-order valence-corrected chi connectivity index (χ0v) is 11.4. The summed E-state index contributed by atoms with van der Waals surface area (Å²) in [7, 11) is 0. The first-order valence-corrected chi connectivity index (χ1v) is 6.69. The van der Waals surface area contributed by atoms with Crippen LogP contribution in [0, 0.1) is 11.3 Å². The second-order valence-corrected chi connectivity index (χ2v) is 5.10. The molecular formula is C12H12ClN7. The van der Waals surface area contributed by atoms with Gasteiger partial charge in [0.15, 0.2) is 5.82 Å². The standard InChI is InChI=1S/C12H12ClN7/c13-10-4-8(5-14)6-15-12(10)20-3-1-2-9(7-20)11-16-18-19-17-11/h4,6,9H,1-3,7H2,(H,16,17,18,19)/t9-/m0/s1. The van der Waals surface area contributed by atoms with Gasteiger partial charge in [0.05, 0.1) is 10.6 Å². The normalized spacial score (nSPS) is 18.8. The molecule has 1 N–H and O–H groups in total. The molecule has 8 heteroatoms. The van der Waals surface area contributed by atoms with Gasteiger partial charge in [-0.05, 0) is 18.9 Å². The van der Waals surface area contributed by atoms with Crippen LogP contribution in [0.3, 0.4) is 0 Å². The van der Waals surface area contributed by atoms with Crippen LogP contribution < -0.4 is 4.90 Å². The number of piperidine rings is 1. The van der Waals surface area contributed by atoms with Crippen molar-refractivity contribution in [2.45, 2.75) is 18.8 Å². The van der Waals surface area contributed by atoms with E-state index in [2.05, 4.69) is 30.5 Å². The molecule has 0 amide bonds. The van der Waals surface area contributed by atoms with E-state index in [1.165, 1.54) is 0 Å². The molecule has 0 aromatic carbocycles. The molecule has 3 heterocycles. The lowest BCUT2D eigenvalue weighted by atomic mass is 9.97. The molecule has 1 atom stereocenters. The minimum absolute atomic E-state index is 0.219. The van der Waals surface area contributed by atoms with Crippen molar-refractivity contribution in [2.24, 2.45) is 0 Å². The number of halogens is 1. The molecular weight excluding hydrogens is 278 g/mol. The van der Waals surface area contributed by atoms with Gasteiger partial charge in [-0.15, -0.1) is 10.2 Å². The summed E-state index contributed by atoms with van der Waals surface area (Å²) in [4.78, 5) is 6.40. The number of hydrogen-bond acceptors (Lipinski definition) is 6. The van der Waals surface area contributed by atoms with E-state index in [-0.39, 0.29) is 5.92 Å². The van der Waals surface area contributed by atoms with Crippen molar-refractivity contribution in [2.75, 3.05) is 18.0 Å². The number of anilines is 1. The van der Waals surface area contributed by atoms with Gasteiger partial charge >= 0.3 is 0 Å². The smallest absolute Gasteiger partial charge is 0.179 e. The number of aromatic nitrogens is 5. The van der Waals surface area contributed by atoms with Gasteiger partial charge in [-0.3, -0.25) is 0 Å². The molecule has 3 rings (SSSR count). The van der Waals surface area contributed by atoms with Crippen molar-refractivity contribution in [3.63, 3.8) is 0 Å². The first-order valence-electron chi connectivity index (χ1n) is 6.32. The predicted octanol–water partition coefficient (Wildman–Crippen LogP) is 1.50. The highest BCUT2D eigenvalue weighted by Crippen LogP contribution is 2.31. The van der Waals surface area contributed by atoms with Crippen LogP contribution in [0.1, 0.15) is 30.1 Å². The summed E-state index contributed by atoms with van der Waals surface area (Å²) in [6.45, 7) is 1.63. The molecule has 0 bridgehead atoms. The highest BCUT2D eigenvalue weighted by atomic mass is 35.5. The van der Waals surface area contributed by atoms with Crippen molar-refractivity contribution in [1.29, 1.82) is 5.26 Å². The molecule has 1 aliphatic heterocycles. The Kier molecular flexibility index (Phi) is 3.48. The molecule has 0 saturated carbocycles. The number of rotatable bonds is 2. The van der Waals surface area contributed by atoms with Crippen LogP contribution in [-0.2, 0) is 0 Å². The van der Waals surface area contributed by atoms with E-state index in [0.29, 0.717) is 16.4 Å². The molecule has 1 aliphatic rings. The fourth-order valence-electron chi connectivity index (χ4n) is 2.45. The van der Waals surface area contributed by atoms with Crippen LogP contribution in [0.15, 0.2) is 12.3 Å². The van der Waals surface area contributed by atoms with Crippen LogP contribution in [0.2, 0.25) is 5.02 Å². The molecule has 0 spiro atoms. The fourth-order valence-corrected chi connectivity index (χ4v) is 2.73. The maximum atomic E-state index is 8.84. The number of tetrazole rings is 1. The molecule has 20 heavy (non-hydrogen) atoms. The summed E-state index contributed by atoms with van der Waals surface area (Å²) in [6.07, 6.45) is 3.57. The van der Waals surface area contributed by atoms with Crippen molar-refractivity contribution >= 4 is 17.4 Å². The molecule has 1 fully saturated rings. The van der Waals surface area contributed by atoms with E-state index in [1.54, 1.807) is 12.3 Å². The summed E-state index contributed by atoms with van der Waals surface area (Å²) in [5.41, 5.74) is 0.463. The van der Waals surface area contributed by atoms with Gasteiger partial charge in [-0.2, -0.15) is 10.5 Å². The second-order valence-electron chi connectivity index (χ2n) is 4.70. The number of nitriles is 1. The lowest BCUT2D eigenvalue weighted by molar-refractivity contribution is 0.489. The van der Waals surface area contributed by atoms with Crippen LogP contribution in [0.4, 0.5) is 5.82 Å². The van der Waals surface area contributed by atoms with Gasteiger partial charge in [-0.1, -0.05) is 16.8 Å². The van der Waals surface area contributed by atoms with Crippen LogP contribution in [0.25, 0.3) is 0 Å². The summed E-state index contributed by atoms with van der Waals surface area (Å²) in [6, 6.07) is 3.67. The molecule has 0 aliphatic carbocycles. The number of nitrogens with zero attached hydrogens (tertiary/aromatic N) is 6. The summed E-state index contributed by atoms with van der Waals surface area (Å²) < 4.78 is 0. The van der Waals surface area contributed by atoms with Crippen molar-refractivity contribution in [3.05, 3.63) is 28.7 Å². The molecule has 2 aromatic rings. The van der Waals surface area contributed by atoms with E-state index < -0.39 is 0 Å². The zero-order valence-electron chi connectivity index (χ0n) is 10.6. The van der Waals surface area contributed by atoms with Crippen molar-refractivity contribution in [1.82, 2.24) is 25.6 Å². The predicted molar refractivity (Wildman–Crippen MR) is 72.3 cm³/mol. The Hall–Kier alpha value is -2.20. The van der Waals surface area contributed by atoms with Gasteiger partial charge in [0.2, 0.25) is 0 Å². The zero-order chi connectivity index (χ0) is 13.9. The minimum atomic E-state index is 0.219. The van der Waals surface area contributed by atoms with Crippen molar-refractivity contribution < 1.29 is 0 Å². The fraction of sp³-hybridized carbons (Fsp3) is 0.417. The Morgan fingerprint density at radius 1 is 1.50 bits per heavy atom. The van der Waals surface area contributed by atoms with Gasteiger partial charge in [0, 0.05) is 25.2 Å². The van der Waals surface area contributed by atoms with E-state index in [0.717, 1.165) is 31.8 Å². The van der Waals surface area contributed by atoms with Crippen LogP contribution in [0.5, 0.6) is 0 Å². The maximum absolute atomic E-state index is 8.84. The number of H-pyrrole nitrogens is 1. The van der Waals surface area contributed by atoms with Gasteiger partial charge in [0.1, 0.15) is 11.9 Å². The second kappa shape index (κ2) is 5.43. The highest BCUT2D eigenvalue weighted by molar-refractivity contribution is 6.33. The lowest BCUT2D eigenvalue weighted by Crippen LogP contribution is -2.35. The molecule has 7 nitrogen and oxygen atoms in total. The van der Waals surface area contributed by atoms with Gasteiger partial charge < -0.3 is 4.90 Å². The Morgan fingerprint density at radius 3 is 3.10 bits per heavy atom. The Labute approximate surface area is 120 Å². The molecule has 102 valence electrons. The maximum Gasteiger partial charge on any atom is 0.179 e. The third-order valence-corrected chi connectivity index (χ3v) is 3.68. The van der Waals surface area contributed by atoms with Gasteiger partial charge in [-0.25, -0.2) is 4.98 Å². The third-order valence-electron chi connectivity index (χ3n) is 3.40. The van der Waals surface area contributed by atoms with E-state index in [4.69, 9.17) is 16.9 Å². The number of hydrogen-bond donors (Lipinski definition) is 1. The monoisotopic (exact) mass is 289 g/mol. The number of aromatic amines is 1.